The summed E-state index contributed by atoms with van der Waals surface area (Å²) in [5.41, 5.74) is 1.21. The summed E-state index contributed by atoms with van der Waals surface area (Å²) in [6.07, 6.45) is 0.918. The molecule has 0 aliphatic rings. The third-order valence-corrected chi connectivity index (χ3v) is 2.88. The molecular weight excluding hydrogens is 230 g/mol. The van der Waals surface area contributed by atoms with Crippen LogP contribution in [0.3, 0.4) is 0 Å². The van der Waals surface area contributed by atoms with Crippen LogP contribution in [-0.4, -0.2) is 27.3 Å². The summed E-state index contributed by atoms with van der Waals surface area (Å²) in [6, 6.07) is 9.10. The minimum absolute atomic E-state index is 0.317. The van der Waals surface area contributed by atoms with E-state index in [1.165, 1.54) is 6.07 Å². The van der Waals surface area contributed by atoms with E-state index >= 15 is 0 Å². The first-order chi connectivity index (χ1) is 8.72. The zero-order valence-corrected chi connectivity index (χ0v) is 10.7. The normalized spacial score (nSPS) is 10.8. The van der Waals surface area contributed by atoms with E-state index in [2.05, 4.69) is 4.90 Å². The maximum Gasteiger partial charge on any atom is 0.338 e. The summed E-state index contributed by atoms with van der Waals surface area (Å²) in [4.78, 5) is 13.6. The van der Waals surface area contributed by atoms with Gasteiger partial charge in [0, 0.05) is 38.8 Å². The molecule has 0 bridgehead atoms. The van der Waals surface area contributed by atoms with E-state index in [9.17, 15) is 4.79 Å². The third kappa shape index (κ3) is 2.71. The zero-order chi connectivity index (χ0) is 13.0. The largest absolute Gasteiger partial charge is 0.423 e. The van der Waals surface area contributed by atoms with Crippen molar-refractivity contribution in [3.8, 4) is 0 Å². The monoisotopic (exact) mass is 247 g/mol. The van der Waals surface area contributed by atoms with Gasteiger partial charge in [-0.25, -0.2) is 4.79 Å². The van der Waals surface area contributed by atoms with Gasteiger partial charge in [0.05, 0.1) is 5.69 Å². The molecule has 2 aromatic rings. The molecule has 0 saturated heterocycles. The molecular formula is C14H17NO3. The number of fused-ring (bicyclic) bond motifs is 1. The van der Waals surface area contributed by atoms with Crippen molar-refractivity contribution in [1.82, 2.24) is 0 Å². The number of hydrogen-bond acceptors (Lipinski definition) is 4. The number of nitrogens with zero attached hydrogens (tertiary/aromatic N) is 1. The molecule has 4 nitrogen and oxygen atoms in total. The quantitative estimate of drug-likeness (QED) is 0.600. The van der Waals surface area contributed by atoms with E-state index in [1.54, 1.807) is 7.11 Å². The lowest BCUT2D eigenvalue weighted by atomic mass is 10.2. The average Bonchev–Trinajstić information content (AvgIpc) is 2.38. The van der Waals surface area contributed by atoms with Crippen LogP contribution in [0.5, 0.6) is 0 Å². The second-order valence-electron chi connectivity index (χ2n) is 4.21. The molecule has 0 atom stereocenters. The second kappa shape index (κ2) is 5.69. The minimum atomic E-state index is -0.317. The Balaban J connectivity index is 2.34. The molecule has 0 saturated carbocycles. The van der Waals surface area contributed by atoms with Crippen LogP contribution in [0.1, 0.15) is 6.42 Å². The molecule has 18 heavy (non-hydrogen) atoms. The summed E-state index contributed by atoms with van der Waals surface area (Å²) >= 11 is 0. The Morgan fingerprint density at radius 1 is 1.33 bits per heavy atom. The summed E-state index contributed by atoms with van der Waals surface area (Å²) in [5, 5.41) is 0.956. The lowest BCUT2D eigenvalue weighted by molar-refractivity contribution is 0.196. The molecule has 0 radical (unpaired) electrons. The van der Waals surface area contributed by atoms with Gasteiger partial charge in [-0.1, -0.05) is 12.1 Å². The van der Waals surface area contributed by atoms with Gasteiger partial charge in [-0.15, -0.1) is 0 Å². The minimum Gasteiger partial charge on any atom is -0.423 e. The Morgan fingerprint density at radius 2 is 2.11 bits per heavy atom. The molecule has 0 N–H and O–H groups in total. The first-order valence-electron chi connectivity index (χ1n) is 5.95. The molecule has 0 unspecified atom stereocenters. The topological polar surface area (TPSA) is 42.7 Å². The fourth-order valence-corrected chi connectivity index (χ4v) is 1.98. The SMILES string of the molecule is COCCCN(C)c1cc(=O)oc2ccccc12. The predicted molar refractivity (Wildman–Crippen MR) is 72.2 cm³/mol. The molecule has 1 heterocycles. The Kier molecular flexibility index (Phi) is 3.99. The molecule has 2 rings (SSSR count). The van der Waals surface area contributed by atoms with Crippen LogP contribution in [0, 0.1) is 0 Å². The van der Waals surface area contributed by atoms with Gasteiger partial charge in [-0.05, 0) is 18.6 Å². The Labute approximate surface area is 106 Å². The maximum atomic E-state index is 11.5. The van der Waals surface area contributed by atoms with E-state index in [0.717, 1.165) is 24.0 Å². The van der Waals surface area contributed by atoms with Gasteiger partial charge >= 0.3 is 5.63 Å². The fraction of sp³-hybridized carbons (Fsp3) is 0.357. The van der Waals surface area contributed by atoms with Gasteiger partial charge in [0.1, 0.15) is 5.58 Å². The highest BCUT2D eigenvalue weighted by atomic mass is 16.5. The highest BCUT2D eigenvalue weighted by Gasteiger charge is 2.08. The predicted octanol–water partition coefficient (Wildman–Crippen LogP) is 2.27. The third-order valence-electron chi connectivity index (χ3n) is 2.88. The van der Waals surface area contributed by atoms with Gasteiger partial charge in [0.25, 0.3) is 0 Å². The summed E-state index contributed by atoms with van der Waals surface area (Å²) < 4.78 is 10.2. The lowest BCUT2D eigenvalue weighted by Crippen LogP contribution is -2.21. The van der Waals surface area contributed by atoms with Crippen molar-refractivity contribution >= 4 is 16.7 Å². The van der Waals surface area contributed by atoms with Gasteiger partial charge in [-0.2, -0.15) is 0 Å². The first kappa shape index (κ1) is 12.6. The lowest BCUT2D eigenvalue weighted by Gasteiger charge is -2.20. The molecule has 0 aliphatic heterocycles. The number of rotatable bonds is 5. The molecule has 1 aromatic carbocycles. The molecule has 0 fully saturated rings. The van der Waals surface area contributed by atoms with E-state index in [0.29, 0.717) is 12.2 Å². The van der Waals surface area contributed by atoms with Crippen LogP contribution in [0.2, 0.25) is 0 Å². The van der Waals surface area contributed by atoms with E-state index in [1.807, 2.05) is 31.3 Å². The summed E-state index contributed by atoms with van der Waals surface area (Å²) in [6.45, 7) is 1.55. The van der Waals surface area contributed by atoms with Crippen LogP contribution in [0.15, 0.2) is 39.5 Å². The number of ether oxygens (including phenoxy) is 1. The zero-order valence-electron chi connectivity index (χ0n) is 10.7. The Morgan fingerprint density at radius 3 is 2.89 bits per heavy atom. The number of anilines is 1. The Hall–Kier alpha value is -1.81. The van der Waals surface area contributed by atoms with Crippen LogP contribution in [0.4, 0.5) is 5.69 Å². The van der Waals surface area contributed by atoms with E-state index in [4.69, 9.17) is 9.15 Å². The number of methoxy groups -OCH3 is 1. The number of benzene rings is 1. The van der Waals surface area contributed by atoms with Crippen LogP contribution in [0.25, 0.3) is 11.0 Å². The molecule has 96 valence electrons. The highest BCUT2D eigenvalue weighted by Crippen LogP contribution is 2.23. The van der Waals surface area contributed by atoms with Crippen molar-refractivity contribution in [2.45, 2.75) is 6.42 Å². The van der Waals surface area contributed by atoms with Gasteiger partial charge in [-0.3, -0.25) is 0 Å². The van der Waals surface area contributed by atoms with Crippen molar-refractivity contribution in [2.75, 3.05) is 32.2 Å². The van der Waals surface area contributed by atoms with Crippen molar-refractivity contribution in [1.29, 1.82) is 0 Å². The number of para-hydroxylation sites is 1. The van der Waals surface area contributed by atoms with Crippen LogP contribution in [-0.2, 0) is 4.74 Å². The van der Waals surface area contributed by atoms with Gasteiger partial charge < -0.3 is 14.1 Å². The van der Waals surface area contributed by atoms with E-state index < -0.39 is 0 Å². The molecule has 0 aliphatic carbocycles. The van der Waals surface area contributed by atoms with Crippen molar-refractivity contribution < 1.29 is 9.15 Å². The van der Waals surface area contributed by atoms with Crippen molar-refractivity contribution in [3.63, 3.8) is 0 Å². The number of hydrogen-bond donors (Lipinski definition) is 0. The standard InChI is InChI=1S/C14H17NO3/c1-15(8-5-9-17-2)12-10-14(16)18-13-7-4-3-6-11(12)13/h3-4,6-7,10H,5,8-9H2,1-2H3. The average molecular weight is 247 g/mol. The Bertz CT molecular complexity index is 577. The molecule has 0 spiro atoms. The van der Waals surface area contributed by atoms with Crippen molar-refractivity contribution in [3.05, 3.63) is 40.8 Å². The molecule has 4 heteroatoms. The molecule has 0 amide bonds. The van der Waals surface area contributed by atoms with Crippen LogP contribution >= 0.6 is 0 Å². The molecule has 1 aromatic heterocycles. The van der Waals surface area contributed by atoms with Gasteiger partial charge in [0.15, 0.2) is 0 Å². The van der Waals surface area contributed by atoms with Crippen LogP contribution < -0.4 is 10.5 Å². The fourth-order valence-electron chi connectivity index (χ4n) is 1.98. The highest BCUT2D eigenvalue weighted by molar-refractivity contribution is 5.89. The first-order valence-corrected chi connectivity index (χ1v) is 5.95. The van der Waals surface area contributed by atoms with Crippen molar-refractivity contribution in [2.24, 2.45) is 0 Å². The maximum absolute atomic E-state index is 11.5. The van der Waals surface area contributed by atoms with Gasteiger partial charge in [0.2, 0.25) is 0 Å². The smallest absolute Gasteiger partial charge is 0.338 e. The second-order valence-corrected chi connectivity index (χ2v) is 4.21. The summed E-state index contributed by atoms with van der Waals surface area (Å²) in [7, 11) is 3.66. The summed E-state index contributed by atoms with van der Waals surface area (Å²) in [5.74, 6) is 0. The van der Waals surface area contributed by atoms with E-state index in [-0.39, 0.29) is 5.63 Å².